The second-order valence-electron chi connectivity index (χ2n) is 6.29. The minimum absolute atomic E-state index is 0.216. The molecule has 0 spiro atoms. The van der Waals surface area contributed by atoms with Crippen molar-refractivity contribution in [1.29, 1.82) is 0 Å². The summed E-state index contributed by atoms with van der Waals surface area (Å²) >= 11 is 0. The first-order valence-electron chi connectivity index (χ1n) is 7.33. The molecule has 1 amide bonds. The number of primary amides is 1. The number of hydrogen-bond acceptors (Lipinski definition) is 3. The van der Waals surface area contributed by atoms with E-state index in [2.05, 4.69) is 17.1 Å². The van der Waals surface area contributed by atoms with Crippen LogP contribution in [0, 0.1) is 5.92 Å². The van der Waals surface area contributed by atoms with Gasteiger partial charge in [0, 0.05) is 19.1 Å². The van der Waals surface area contributed by atoms with Gasteiger partial charge < -0.3 is 10.6 Å². The summed E-state index contributed by atoms with van der Waals surface area (Å²) in [6.45, 7) is 7.09. The highest BCUT2D eigenvalue weighted by Gasteiger charge is 2.39. The lowest BCUT2D eigenvalue weighted by Gasteiger charge is -2.34. The first kappa shape index (κ1) is 13.8. The molecule has 2 saturated carbocycles. The van der Waals surface area contributed by atoms with E-state index in [4.69, 9.17) is 5.73 Å². The highest BCUT2D eigenvalue weighted by atomic mass is 16.1. The SMILES string of the molecule is CCCN(CC1CC1)CC(C)(NC1CC1)C(N)=O. The molecule has 2 rings (SSSR count). The standard InChI is InChI=1S/C14H27N3O/c1-3-8-17(9-11-4-5-11)10-14(2,13(15)18)16-12-6-7-12/h11-12,16H,3-10H2,1-2H3,(H2,15,18). The second kappa shape index (κ2) is 5.57. The molecule has 2 aliphatic carbocycles. The zero-order chi connectivity index (χ0) is 13.2. The van der Waals surface area contributed by atoms with Gasteiger partial charge >= 0.3 is 0 Å². The summed E-state index contributed by atoms with van der Waals surface area (Å²) in [5, 5.41) is 3.43. The molecule has 0 radical (unpaired) electrons. The van der Waals surface area contributed by atoms with Crippen LogP contribution in [0.25, 0.3) is 0 Å². The lowest BCUT2D eigenvalue weighted by molar-refractivity contribution is -0.124. The Morgan fingerprint density at radius 1 is 1.39 bits per heavy atom. The van der Waals surface area contributed by atoms with Crippen molar-refractivity contribution in [3.63, 3.8) is 0 Å². The first-order valence-corrected chi connectivity index (χ1v) is 7.33. The van der Waals surface area contributed by atoms with E-state index in [1.54, 1.807) is 0 Å². The van der Waals surface area contributed by atoms with Gasteiger partial charge in [-0.15, -0.1) is 0 Å². The van der Waals surface area contributed by atoms with Crippen LogP contribution in [-0.2, 0) is 4.79 Å². The van der Waals surface area contributed by atoms with Crippen LogP contribution < -0.4 is 11.1 Å². The molecule has 1 unspecified atom stereocenters. The zero-order valence-corrected chi connectivity index (χ0v) is 11.7. The Morgan fingerprint density at radius 3 is 2.50 bits per heavy atom. The molecule has 4 heteroatoms. The third kappa shape index (κ3) is 3.95. The molecule has 1 atom stereocenters. The average molecular weight is 253 g/mol. The third-order valence-electron chi connectivity index (χ3n) is 3.94. The van der Waals surface area contributed by atoms with Crippen LogP contribution in [0.1, 0.15) is 46.0 Å². The molecule has 18 heavy (non-hydrogen) atoms. The fourth-order valence-electron chi connectivity index (χ4n) is 2.54. The van der Waals surface area contributed by atoms with Gasteiger partial charge in [0.2, 0.25) is 5.91 Å². The van der Waals surface area contributed by atoms with E-state index in [9.17, 15) is 4.79 Å². The van der Waals surface area contributed by atoms with Gasteiger partial charge in [0.15, 0.2) is 0 Å². The van der Waals surface area contributed by atoms with E-state index in [1.165, 1.54) is 25.7 Å². The summed E-state index contributed by atoms with van der Waals surface area (Å²) in [4.78, 5) is 14.2. The number of carbonyl (C=O) groups is 1. The van der Waals surface area contributed by atoms with Gasteiger partial charge in [0.1, 0.15) is 5.54 Å². The molecule has 0 aromatic carbocycles. The molecule has 0 aromatic heterocycles. The van der Waals surface area contributed by atoms with Crippen LogP contribution in [0.2, 0.25) is 0 Å². The molecule has 3 N–H and O–H groups in total. The topological polar surface area (TPSA) is 58.4 Å². The second-order valence-corrected chi connectivity index (χ2v) is 6.29. The van der Waals surface area contributed by atoms with Crippen molar-refractivity contribution in [3.8, 4) is 0 Å². The number of rotatable bonds is 9. The molecule has 2 fully saturated rings. The predicted molar refractivity (Wildman–Crippen MR) is 73.2 cm³/mol. The normalized spacial score (nSPS) is 23.1. The van der Waals surface area contributed by atoms with Crippen molar-refractivity contribution < 1.29 is 4.79 Å². The number of nitrogens with zero attached hydrogens (tertiary/aromatic N) is 1. The monoisotopic (exact) mass is 253 g/mol. The maximum atomic E-state index is 11.8. The Bertz CT molecular complexity index is 299. The van der Waals surface area contributed by atoms with Gasteiger partial charge in [-0.05, 0) is 51.5 Å². The molecule has 4 nitrogen and oxygen atoms in total. The molecular weight excluding hydrogens is 226 g/mol. The van der Waals surface area contributed by atoms with Gasteiger partial charge in [-0.25, -0.2) is 0 Å². The summed E-state index contributed by atoms with van der Waals surface area (Å²) in [5.74, 6) is 0.640. The predicted octanol–water partition coefficient (Wildman–Crippen LogP) is 1.10. The van der Waals surface area contributed by atoms with Crippen molar-refractivity contribution in [2.75, 3.05) is 19.6 Å². The summed E-state index contributed by atoms with van der Waals surface area (Å²) < 4.78 is 0. The fraction of sp³-hybridized carbons (Fsp3) is 0.929. The minimum Gasteiger partial charge on any atom is -0.368 e. The van der Waals surface area contributed by atoms with E-state index in [1.807, 2.05) is 6.92 Å². The quantitative estimate of drug-likeness (QED) is 0.647. The van der Waals surface area contributed by atoms with Crippen molar-refractivity contribution in [1.82, 2.24) is 10.2 Å². The van der Waals surface area contributed by atoms with Crippen LogP contribution in [0.5, 0.6) is 0 Å². The number of nitrogens with one attached hydrogen (secondary N) is 1. The van der Waals surface area contributed by atoms with E-state index in [0.29, 0.717) is 6.04 Å². The highest BCUT2D eigenvalue weighted by molar-refractivity contribution is 5.84. The number of amides is 1. The maximum absolute atomic E-state index is 11.8. The summed E-state index contributed by atoms with van der Waals surface area (Å²) in [5.41, 5.74) is 5.05. The molecule has 0 aromatic rings. The van der Waals surface area contributed by atoms with E-state index >= 15 is 0 Å². The minimum atomic E-state index is -0.564. The number of nitrogens with two attached hydrogens (primary N) is 1. The molecular formula is C14H27N3O. The maximum Gasteiger partial charge on any atom is 0.238 e. The highest BCUT2D eigenvalue weighted by Crippen LogP contribution is 2.30. The van der Waals surface area contributed by atoms with Crippen LogP contribution in [0.4, 0.5) is 0 Å². The smallest absolute Gasteiger partial charge is 0.238 e. The van der Waals surface area contributed by atoms with Gasteiger partial charge in [0.25, 0.3) is 0 Å². The molecule has 0 aliphatic heterocycles. The van der Waals surface area contributed by atoms with Gasteiger partial charge in [-0.2, -0.15) is 0 Å². The van der Waals surface area contributed by atoms with Crippen molar-refractivity contribution in [3.05, 3.63) is 0 Å². The van der Waals surface area contributed by atoms with Crippen molar-refractivity contribution >= 4 is 5.91 Å². The Hall–Kier alpha value is -0.610. The third-order valence-corrected chi connectivity index (χ3v) is 3.94. The largest absolute Gasteiger partial charge is 0.368 e. The molecule has 0 heterocycles. The Labute approximate surface area is 110 Å². The molecule has 104 valence electrons. The Balaban J connectivity index is 1.92. The zero-order valence-electron chi connectivity index (χ0n) is 11.7. The fourth-order valence-corrected chi connectivity index (χ4v) is 2.54. The lowest BCUT2D eigenvalue weighted by atomic mass is 10.00. The van der Waals surface area contributed by atoms with Crippen molar-refractivity contribution in [2.45, 2.75) is 57.5 Å². The van der Waals surface area contributed by atoms with Crippen LogP contribution >= 0.6 is 0 Å². The van der Waals surface area contributed by atoms with Crippen LogP contribution in [0.3, 0.4) is 0 Å². The van der Waals surface area contributed by atoms with E-state index < -0.39 is 5.54 Å². The van der Waals surface area contributed by atoms with Gasteiger partial charge in [-0.3, -0.25) is 10.1 Å². The van der Waals surface area contributed by atoms with E-state index in [-0.39, 0.29) is 5.91 Å². The Kier molecular flexibility index (Phi) is 4.28. The number of hydrogen-bond donors (Lipinski definition) is 2. The van der Waals surface area contributed by atoms with Crippen LogP contribution in [0.15, 0.2) is 0 Å². The average Bonchev–Trinajstić information content (AvgIpc) is 3.14. The van der Waals surface area contributed by atoms with Crippen LogP contribution in [-0.4, -0.2) is 42.0 Å². The molecule has 0 bridgehead atoms. The number of carbonyl (C=O) groups excluding carboxylic acids is 1. The molecule has 0 saturated heterocycles. The summed E-state index contributed by atoms with van der Waals surface area (Å²) in [7, 11) is 0. The summed E-state index contributed by atoms with van der Waals surface area (Å²) in [6.07, 6.45) is 6.19. The summed E-state index contributed by atoms with van der Waals surface area (Å²) in [6, 6.07) is 0.506. The van der Waals surface area contributed by atoms with E-state index in [0.717, 1.165) is 32.0 Å². The van der Waals surface area contributed by atoms with Gasteiger partial charge in [-0.1, -0.05) is 6.92 Å². The Morgan fingerprint density at radius 2 is 2.06 bits per heavy atom. The lowest BCUT2D eigenvalue weighted by Crippen LogP contribution is -2.60. The van der Waals surface area contributed by atoms with Gasteiger partial charge in [0.05, 0.1) is 0 Å². The first-order chi connectivity index (χ1) is 8.53. The molecule has 2 aliphatic rings. The van der Waals surface area contributed by atoms with Crippen molar-refractivity contribution in [2.24, 2.45) is 11.7 Å².